The van der Waals surface area contributed by atoms with Crippen LogP contribution < -0.4 is 5.32 Å². The van der Waals surface area contributed by atoms with Crippen molar-refractivity contribution in [3.05, 3.63) is 18.0 Å². The molecule has 0 amide bonds. The fraction of sp³-hybridized carbons (Fsp3) is 0.786. The van der Waals surface area contributed by atoms with Crippen LogP contribution in [0.15, 0.2) is 12.3 Å². The van der Waals surface area contributed by atoms with Crippen LogP contribution in [0, 0.1) is 0 Å². The maximum absolute atomic E-state index is 4.77. The molecule has 1 aliphatic carbocycles. The molecule has 0 radical (unpaired) electrons. The Bertz CT molecular complexity index is 346. The molecule has 1 aromatic rings. The van der Waals surface area contributed by atoms with Crippen molar-refractivity contribution in [2.24, 2.45) is 0 Å². The molecule has 1 unspecified atom stereocenters. The monoisotopic (exact) mass is 233 g/mol. The number of hydrogen-bond acceptors (Lipinski definition) is 2. The standard InChI is InChI=1S/C14H23N3/c1-2-6-14(7-3-1)17-10-8-13(16-17)11-12-5-4-9-15-12/h8,10,12,14-15H,1-7,9,11H2. The molecular weight excluding hydrogens is 210 g/mol. The summed E-state index contributed by atoms with van der Waals surface area (Å²) >= 11 is 0. The van der Waals surface area contributed by atoms with Crippen LogP contribution in [0.4, 0.5) is 0 Å². The van der Waals surface area contributed by atoms with Crippen LogP contribution in [0.5, 0.6) is 0 Å². The van der Waals surface area contributed by atoms with Crippen LogP contribution >= 0.6 is 0 Å². The second-order valence-corrected chi connectivity index (χ2v) is 5.58. The maximum Gasteiger partial charge on any atom is 0.0640 e. The van der Waals surface area contributed by atoms with E-state index in [9.17, 15) is 0 Å². The highest BCUT2D eigenvalue weighted by molar-refractivity contribution is 5.03. The summed E-state index contributed by atoms with van der Waals surface area (Å²) in [4.78, 5) is 0. The Kier molecular flexibility index (Phi) is 3.46. The van der Waals surface area contributed by atoms with E-state index in [4.69, 9.17) is 5.10 Å². The van der Waals surface area contributed by atoms with Crippen molar-refractivity contribution in [1.82, 2.24) is 15.1 Å². The van der Waals surface area contributed by atoms with Crippen molar-refractivity contribution in [3.8, 4) is 0 Å². The molecule has 1 N–H and O–H groups in total. The fourth-order valence-corrected chi connectivity index (χ4v) is 3.22. The van der Waals surface area contributed by atoms with Gasteiger partial charge in [-0.25, -0.2) is 0 Å². The minimum atomic E-state index is 0.671. The van der Waals surface area contributed by atoms with Gasteiger partial charge < -0.3 is 5.32 Å². The molecule has 1 saturated carbocycles. The molecular formula is C14H23N3. The Morgan fingerprint density at radius 2 is 2.06 bits per heavy atom. The molecule has 0 bridgehead atoms. The van der Waals surface area contributed by atoms with Gasteiger partial charge in [-0.1, -0.05) is 19.3 Å². The largest absolute Gasteiger partial charge is 0.314 e. The molecule has 3 heteroatoms. The third-order valence-electron chi connectivity index (χ3n) is 4.23. The van der Waals surface area contributed by atoms with Gasteiger partial charge in [-0.15, -0.1) is 0 Å². The van der Waals surface area contributed by atoms with Crippen molar-refractivity contribution in [2.45, 2.75) is 63.5 Å². The molecule has 1 aromatic heterocycles. The summed E-state index contributed by atoms with van der Waals surface area (Å²) in [5.74, 6) is 0. The molecule has 0 spiro atoms. The second-order valence-electron chi connectivity index (χ2n) is 5.58. The minimum Gasteiger partial charge on any atom is -0.314 e. The van der Waals surface area contributed by atoms with Gasteiger partial charge in [0.25, 0.3) is 0 Å². The zero-order valence-electron chi connectivity index (χ0n) is 10.6. The Morgan fingerprint density at radius 1 is 1.18 bits per heavy atom. The number of aromatic nitrogens is 2. The smallest absolute Gasteiger partial charge is 0.0640 e. The topological polar surface area (TPSA) is 29.9 Å². The number of hydrogen-bond donors (Lipinski definition) is 1. The van der Waals surface area contributed by atoms with Gasteiger partial charge in [0.05, 0.1) is 11.7 Å². The van der Waals surface area contributed by atoms with Crippen LogP contribution in [-0.2, 0) is 6.42 Å². The Balaban J connectivity index is 1.60. The Labute approximate surface area is 104 Å². The van der Waals surface area contributed by atoms with E-state index in [1.165, 1.54) is 57.2 Å². The maximum atomic E-state index is 4.77. The van der Waals surface area contributed by atoms with Crippen LogP contribution in [-0.4, -0.2) is 22.4 Å². The second kappa shape index (κ2) is 5.21. The first-order chi connectivity index (χ1) is 8.42. The zero-order chi connectivity index (χ0) is 11.5. The highest BCUT2D eigenvalue weighted by Crippen LogP contribution is 2.27. The van der Waals surface area contributed by atoms with Crippen molar-refractivity contribution in [3.63, 3.8) is 0 Å². The third-order valence-corrected chi connectivity index (χ3v) is 4.23. The first-order valence-corrected chi connectivity index (χ1v) is 7.19. The highest BCUT2D eigenvalue weighted by Gasteiger charge is 2.18. The summed E-state index contributed by atoms with van der Waals surface area (Å²) in [6, 6.07) is 3.56. The first kappa shape index (κ1) is 11.3. The summed E-state index contributed by atoms with van der Waals surface area (Å²) in [5, 5.41) is 8.32. The Hall–Kier alpha value is -0.830. The van der Waals surface area contributed by atoms with Crippen molar-refractivity contribution >= 4 is 0 Å². The SMILES string of the molecule is c1cn(C2CCCCC2)nc1CC1CCCN1. The van der Waals surface area contributed by atoms with Crippen molar-refractivity contribution in [2.75, 3.05) is 6.54 Å². The normalized spacial score (nSPS) is 26.5. The lowest BCUT2D eigenvalue weighted by Crippen LogP contribution is -2.24. The number of nitrogens with zero attached hydrogens (tertiary/aromatic N) is 2. The van der Waals surface area contributed by atoms with E-state index in [0.717, 1.165) is 6.42 Å². The van der Waals surface area contributed by atoms with E-state index >= 15 is 0 Å². The molecule has 1 aliphatic heterocycles. The van der Waals surface area contributed by atoms with E-state index in [2.05, 4.69) is 22.3 Å². The minimum absolute atomic E-state index is 0.671. The molecule has 3 nitrogen and oxygen atoms in total. The van der Waals surface area contributed by atoms with Gasteiger partial charge in [0.2, 0.25) is 0 Å². The van der Waals surface area contributed by atoms with E-state index in [-0.39, 0.29) is 0 Å². The van der Waals surface area contributed by atoms with Crippen LogP contribution in [0.3, 0.4) is 0 Å². The predicted molar refractivity (Wildman–Crippen MR) is 69.1 cm³/mol. The van der Waals surface area contributed by atoms with Gasteiger partial charge in [0.1, 0.15) is 0 Å². The fourth-order valence-electron chi connectivity index (χ4n) is 3.22. The average molecular weight is 233 g/mol. The van der Waals surface area contributed by atoms with Crippen molar-refractivity contribution in [1.29, 1.82) is 0 Å². The predicted octanol–water partition coefficient (Wildman–Crippen LogP) is 2.68. The number of nitrogens with one attached hydrogen (secondary N) is 1. The quantitative estimate of drug-likeness (QED) is 0.870. The molecule has 1 atom stereocenters. The van der Waals surface area contributed by atoms with E-state index in [1.807, 2.05) is 0 Å². The zero-order valence-corrected chi connectivity index (χ0v) is 10.6. The summed E-state index contributed by atoms with van der Waals surface area (Å²) in [7, 11) is 0. The lowest BCUT2D eigenvalue weighted by molar-refractivity contribution is 0.327. The average Bonchev–Trinajstić information content (AvgIpc) is 3.02. The van der Waals surface area contributed by atoms with Crippen LogP contribution in [0.1, 0.15) is 56.7 Å². The van der Waals surface area contributed by atoms with E-state index in [1.54, 1.807) is 0 Å². The molecule has 17 heavy (non-hydrogen) atoms. The molecule has 1 saturated heterocycles. The van der Waals surface area contributed by atoms with Crippen LogP contribution in [0.25, 0.3) is 0 Å². The summed E-state index contributed by atoms with van der Waals surface area (Å²) in [6.45, 7) is 1.19. The Morgan fingerprint density at radius 3 is 2.82 bits per heavy atom. The number of rotatable bonds is 3. The molecule has 3 rings (SSSR count). The third kappa shape index (κ3) is 2.71. The van der Waals surface area contributed by atoms with Crippen LogP contribution in [0.2, 0.25) is 0 Å². The summed E-state index contributed by atoms with van der Waals surface area (Å²) in [5.41, 5.74) is 1.27. The lowest BCUT2D eigenvalue weighted by atomic mass is 9.96. The first-order valence-electron chi connectivity index (χ1n) is 7.19. The van der Waals surface area contributed by atoms with Gasteiger partial charge in [-0.3, -0.25) is 4.68 Å². The van der Waals surface area contributed by atoms with Gasteiger partial charge in [0, 0.05) is 18.7 Å². The van der Waals surface area contributed by atoms with E-state index in [0.29, 0.717) is 12.1 Å². The van der Waals surface area contributed by atoms with Gasteiger partial charge in [-0.05, 0) is 38.3 Å². The summed E-state index contributed by atoms with van der Waals surface area (Å²) in [6.07, 6.45) is 12.8. The van der Waals surface area contributed by atoms with Gasteiger partial charge in [0.15, 0.2) is 0 Å². The lowest BCUT2D eigenvalue weighted by Gasteiger charge is -2.21. The molecule has 94 valence electrons. The summed E-state index contributed by atoms with van der Waals surface area (Å²) < 4.78 is 2.23. The molecule has 2 aliphatic rings. The van der Waals surface area contributed by atoms with Gasteiger partial charge in [-0.2, -0.15) is 5.10 Å². The van der Waals surface area contributed by atoms with Crippen molar-refractivity contribution < 1.29 is 0 Å². The molecule has 0 aromatic carbocycles. The van der Waals surface area contributed by atoms with E-state index < -0.39 is 0 Å². The molecule has 2 heterocycles. The highest BCUT2D eigenvalue weighted by atomic mass is 15.3. The van der Waals surface area contributed by atoms with Gasteiger partial charge >= 0.3 is 0 Å². The molecule has 2 fully saturated rings.